The number of hydrogen-bond acceptors (Lipinski definition) is 5. The largest absolute Gasteiger partial charge is 0.378 e. The van der Waals surface area contributed by atoms with Crippen molar-refractivity contribution >= 4 is 11.8 Å². The third-order valence-corrected chi connectivity index (χ3v) is 6.09. The number of aryl methyl sites for hydroxylation is 1. The minimum Gasteiger partial charge on any atom is -0.378 e. The van der Waals surface area contributed by atoms with Crippen molar-refractivity contribution in [2.75, 3.05) is 52.5 Å². The zero-order valence-corrected chi connectivity index (χ0v) is 16.0. The van der Waals surface area contributed by atoms with Gasteiger partial charge in [-0.1, -0.05) is 0 Å². The molecule has 3 aliphatic rings. The van der Waals surface area contributed by atoms with Crippen LogP contribution < -0.4 is 5.32 Å². The van der Waals surface area contributed by atoms with Gasteiger partial charge in [-0.2, -0.15) is 5.10 Å². The highest BCUT2D eigenvalue weighted by Crippen LogP contribution is 2.31. The highest BCUT2D eigenvalue weighted by atomic mass is 16.5. The lowest BCUT2D eigenvalue weighted by Gasteiger charge is -2.37. The Morgan fingerprint density at radius 3 is 2.70 bits per heavy atom. The van der Waals surface area contributed by atoms with Crippen molar-refractivity contribution in [3.05, 3.63) is 18.0 Å². The molecule has 1 aromatic heterocycles. The number of carbonyl (C=O) groups is 2. The van der Waals surface area contributed by atoms with E-state index in [0.717, 1.165) is 31.5 Å². The van der Waals surface area contributed by atoms with E-state index < -0.39 is 0 Å². The van der Waals surface area contributed by atoms with E-state index in [1.165, 1.54) is 0 Å². The maximum absolute atomic E-state index is 13.2. The molecule has 148 valence electrons. The predicted molar refractivity (Wildman–Crippen MR) is 99.0 cm³/mol. The number of morpholine rings is 1. The van der Waals surface area contributed by atoms with Crippen LogP contribution in [0.15, 0.2) is 12.4 Å². The highest BCUT2D eigenvalue weighted by molar-refractivity contribution is 5.83. The topological polar surface area (TPSA) is 79.7 Å². The van der Waals surface area contributed by atoms with Crippen LogP contribution in [-0.4, -0.2) is 83.9 Å². The average molecular weight is 375 g/mol. The van der Waals surface area contributed by atoms with E-state index in [2.05, 4.69) is 10.4 Å². The molecular formula is C19H29N5O3. The van der Waals surface area contributed by atoms with Crippen LogP contribution in [0.2, 0.25) is 0 Å². The Balaban J connectivity index is 1.41. The van der Waals surface area contributed by atoms with Crippen LogP contribution in [0.1, 0.15) is 24.3 Å². The van der Waals surface area contributed by atoms with Crippen LogP contribution in [0.25, 0.3) is 0 Å². The summed E-state index contributed by atoms with van der Waals surface area (Å²) in [5, 5.41) is 7.62. The molecule has 8 nitrogen and oxygen atoms in total. The molecule has 1 aromatic rings. The van der Waals surface area contributed by atoms with E-state index in [-0.39, 0.29) is 29.6 Å². The highest BCUT2D eigenvalue weighted by Gasteiger charge is 2.39. The van der Waals surface area contributed by atoms with Gasteiger partial charge in [0.05, 0.1) is 31.2 Å². The number of ether oxygens (including phenoxy) is 1. The molecule has 0 spiro atoms. The summed E-state index contributed by atoms with van der Waals surface area (Å²) >= 11 is 0. The molecular weight excluding hydrogens is 346 g/mol. The summed E-state index contributed by atoms with van der Waals surface area (Å²) in [7, 11) is 1.90. The van der Waals surface area contributed by atoms with Gasteiger partial charge in [-0.05, 0) is 18.4 Å². The minimum atomic E-state index is -0.0774. The molecule has 0 saturated carbocycles. The van der Waals surface area contributed by atoms with Gasteiger partial charge in [0.2, 0.25) is 11.8 Å². The maximum atomic E-state index is 13.2. The number of likely N-dealkylation sites (tertiary alicyclic amines) is 1. The van der Waals surface area contributed by atoms with Crippen molar-refractivity contribution in [1.82, 2.24) is 24.9 Å². The van der Waals surface area contributed by atoms with Crippen LogP contribution in [0.4, 0.5) is 0 Å². The molecule has 4 rings (SSSR count). The molecule has 0 radical (unpaired) electrons. The Hall–Kier alpha value is -1.93. The summed E-state index contributed by atoms with van der Waals surface area (Å²) in [6.45, 7) is 5.34. The quantitative estimate of drug-likeness (QED) is 0.793. The lowest BCUT2D eigenvalue weighted by molar-refractivity contribution is -0.145. The molecule has 0 aromatic carbocycles. The van der Waals surface area contributed by atoms with Crippen LogP contribution in [0.5, 0.6) is 0 Å². The molecule has 0 aliphatic carbocycles. The zero-order valence-electron chi connectivity index (χ0n) is 16.0. The van der Waals surface area contributed by atoms with E-state index >= 15 is 0 Å². The van der Waals surface area contributed by atoms with Gasteiger partial charge in [-0.3, -0.25) is 14.3 Å². The number of nitrogens with zero attached hydrogens (tertiary/aromatic N) is 4. The lowest BCUT2D eigenvalue weighted by Crippen LogP contribution is -2.51. The van der Waals surface area contributed by atoms with Crippen molar-refractivity contribution in [2.45, 2.75) is 18.8 Å². The first-order valence-electron chi connectivity index (χ1n) is 9.98. The van der Waals surface area contributed by atoms with Crippen LogP contribution in [0.3, 0.4) is 0 Å². The molecule has 27 heavy (non-hydrogen) atoms. The number of amides is 2. The third-order valence-electron chi connectivity index (χ3n) is 6.09. The van der Waals surface area contributed by atoms with Crippen molar-refractivity contribution < 1.29 is 14.3 Å². The summed E-state index contributed by atoms with van der Waals surface area (Å²) in [5.41, 5.74) is 1.11. The summed E-state index contributed by atoms with van der Waals surface area (Å²) in [5.74, 6) is 0.359. The Morgan fingerprint density at radius 2 is 1.96 bits per heavy atom. The van der Waals surface area contributed by atoms with Gasteiger partial charge >= 0.3 is 0 Å². The fourth-order valence-corrected chi connectivity index (χ4v) is 4.58. The number of hydrogen-bond donors (Lipinski definition) is 1. The van der Waals surface area contributed by atoms with Gasteiger partial charge in [-0.15, -0.1) is 0 Å². The standard InChI is InChI=1S/C19H29N5O3/c1-22-12-15(9-21-22)16-10-20-11-17(16)19(26)24-4-2-3-14(13-24)18(25)23-5-7-27-8-6-23/h9,12,14,16-17,20H,2-8,10-11,13H2,1H3/t14?,16-,17+/m1/s1. The zero-order chi connectivity index (χ0) is 18.8. The van der Waals surface area contributed by atoms with Gasteiger partial charge < -0.3 is 19.9 Å². The number of carbonyl (C=O) groups excluding carboxylic acids is 2. The Morgan fingerprint density at radius 1 is 1.15 bits per heavy atom. The Kier molecular flexibility index (Phi) is 5.45. The molecule has 2 amide bonds. The van der Waals surface area contributed by atoms with E-state index in [0.29, 0.717) is 39.4 Å². The molecule has 3 atom stereocenters. The van der Waals surface area contributed by atoms with Crippen molar-refractivity contribution in [1.29, 1.82) is 0 Å². The molecule has 3 aliphatic heterocycles. The summed E-state index contributed by atoms with van der Waals surface area (Å²) in [6, 6.07) is 0. The Bertz CT molecular complexity index is 685. The van der Waals surface area contributed by atoms with Crippen molar-refractivity contribution in [3.8, 4) is 0 Å². The number of piperidine rings is 1. The van der Waals surface area contributed by atoms with Gasteiger partial charge in [0.1, 0.15) is 0 Å². The van der Waals surface area contributed by atoms with Crippen molar-refractivity contribution in [3.63, 3.8) is 0 Å². The first kappa shape index (κ1) is 18.4. The molecule has 1 unspecified atom stereocenters. The second kappa shape index (κ2) is 7.98. The molecule has 4 heterocycles. The lowest BCUT2D eigenvalue weighted by atomic mass is 9.88. The fourth-order valence-electron chi connectivity index (χ4n) is 4.58. The van der Waals surface area contributed by atoms with Crippen LogP contribution >= 0.6 is 0 Å². The van der Waals surface area contributed by atoms with Crippen LogP contribution in [-0.2, 0) is 21.4 Å². The van der Waals surface area contributed by atoms with E-state index in [1.54, 1.807) is 4.68 Å². The third kappa shape index (κ3) is 3.87. The van der Waals surface area contributed by atoms with E-state index in [4.69, 9.17) is 4.74 Å². The van der Waals surface area contributed by atoms with E-state index in [1.807, 2.05) is 29.2 Å². The van der Waals surface area contributed by atoms with Gasteiger partial charge in [-0.25, -0.2) is 0 Å². The first-order chi connectivity index (χ1) is 13.1. The maximum Gasteiger partial charge on any atom is 0.227 e. The second-order valence-electron chi connectivity index (χ2n) is 7.88. The summed E-state index contributed by atoms with van der Waals surface area (Å²) < 4.78 is 7.13. The minimum absolute atomic E-state index is 0.0768. The van der Waals surface area contributed by atoms with E-state index in [9.17, 15) is 9.59 Å². The normalized spacial score (nSPS) is 29.1. The van der Waals surface area contributed by atoms with Crippen molar-refractivity contribution in [2.24, 2.45) is 18.9 Å². The van der Waals surface area contributed by atoms with Gasteiger partial charge in [0.15, 0.2) is 0 Å². The van der Waals surface area contributed by atoms with Gasteiger partial charge in [0.25, 0.3) is 0 Å². The van der Waals surface area contributed by atoms with Crippen LogP contribution in [0, 0.1) is 11.8 Å². The number of nitrogens with one attached hydrogen (secondary N) is 1. The Labute approximate surface area is 159 Å². The first-order valence-corrected chi connectivity index (χ1v) is 9.98. The number of aromatic nitrogens is 2. The molecule has 1 N–H and O–H groups in total. The fraction of sp³-hybridized carbons (Fsp3) is 0.737. The molecule has 3 fully saturated rings. The summed E-state index contributed by atoms with van der Waals surface area (Å²) in [4.78, 5) is 29.9. The monoisotopic (exact) mass is 375 g/mol. The molecule has 3 saturated heterocycles. The smallest absolute Gasteiger partial charge is 0.227 e. The summed E-state index contributed by atoms with van der Waals surface area (Å²) in [6.07, 6.45) is 5.62. The SMILES string of the molecule is Cn1cc([C@H]2CNC[C@@H]2C(=O)N2CCCC(C(=O)N3CCOCC3)C2)cn1. The molecule has 8 heteroatoms. The predicted octanol–water partition coefficient (Wildman–Crippen LogP) is -0.179. The average Bonchev–Trinajstić information content (AvgIpc) is 3.36. The number of rotatable bonds is 3. The molecule has 0 bridgehead atoms. The second-order valence-corrected chi connectivity index (χ2v) is 7.88. The van der Waals surface area contributed by atoms with Gasteiger partial charge in [0, 0.05) is 58.4 Å².